The summed E-state index contributed by atoms with van der Waals surface area (Å²) in [6.07, 6.45) is 8.19. The molecule has 234 valence electrons. The van der Waals surface area contributed by atoms with E-state index in [2.05, 4.69) is 39.9 Å². The van der Waals surface area contributed by atoms with Crippen LogP contribution in [0.1, 0.15) is 60.2 Å². The highest BCUT2D eigenvalue weighted by Crippen LogP contribution is 2.41. The Labute approximate surface area is 264 Å². The van der Waals surface area contributed by atoms with Gasteiger partial charge in [0, 0.05) is 75.3 Å². The number of rotatable bonds is 5. The van der Waals surface area contributed by atoms with Gasteiger partial charge in [-0.25, -0.2) is 4.79 Å². The molecule has 0 aliphatic carbocycles. The molecule has 0 N–H and O–H groups in total. The van der Waals surface area contributed by atoms with E-state index >= 15 is 0 Å². The van der Waals surface area contributed by atoms with Gasteiger partial charge in [0.25, 0.3) is 0 Å². The number of hydrogen-bond acceptors (Lipinski definition) is 6. The minimum Gasteiger partial charge on any atom is -0.445 e. The van der Waals surface area contributed by atoms with Crippen LogP contribution in [0.3, 0.4) is 0 Å². The first kappa shape index (κ1) is 29.1. The summed E-state index contributed by atoms with van der Waals surface area (Å²) in [6, 6.07) is 14.6. The molecule has 2 aromatic carbocycles. The van der Waals surface area contributed by atoms with Crippen LogP contribution in [0.5, 0.6) is 0 Å². The standard InChI is InChI=1S/C35H41N7O3/c1-24-18-33-27(19-30(24)28-20-36-38(3)21-28)10-7-14-41(33)34-31-22-40(25(2)43)17-13-32(31)42(37-34)29-11-15-39(16-12-29)35(44)45-23-26-8-5-4-6-9-26/h4-6,8-9,18-21,29H,7,10-17,22-23H2,1-3H3. The average Bonchev–Trinajstić information content (AvgIpc) is 3.67. The highest BCUT2D eigenvalue weighted by molar-refractivity contribution is 5.77. The van der Waals surface area contributed by atoms with Gasteiger partial charge in [-0.1, -0.05) is 30.3 Å². The summed E-state index contributed by atoms with van der Waals surface area (Å²) in [4.78, 5) is 31.5. The van der Waals surface area contributed by atoms with E-state index in [1.165, 1.54) is 28.1 Å². The van der Waals surface area contributed by atoms with E-state index in [-0.39, 0.29) is 24.6 Å². The van der Waals surface area contributed by atoms with Crippen LogP contribution in [-0.4, -0.2) is 67.5 Å². The molecule has 3 aliphatic rings. The fraction of sp³-hybridized carbons (Fsp3) is 0.429. The monoisotopic (exact) mass is 607 g/mol. The lowest BCUT2D eigenvalue weighted by molar-refractivity contribution is -0.129. The zero-order valence-corrected chi connectivity index (χ0v) is 26.4. The van der Waals surface area contributed by atoms with Gasteiger partial charge in [-0.05, 0) is 67.0 Å². The van der Waals surface area contributed by atoms with Gasteiger partial charge in [0.05, 0.1) is 18.8 Å². The molecule has 1 saturated heterocycles. The molecule has 10 nitrogen and oxygen atoms in total. The van der Waals surface area contributed by atoms with E-state index in [1.807, 2.05) is 58.1 Å². The number of likely N-dealkylation sites (tertiary alicyclic amines) is 1. The molecule has 2 amide bonds. The Hall–Kier alpha value is -4.60. The van der Waals surface area contributed by atoms with Crippen molar-refractivity contribution in [3.63, 3.8) is 0 Å². The maximum Gasteiger partial charge on any atom is 0.410 e. The van der Waals surface area contributed by atoms with Crippen LogP contribution in [0.2, 0.25) is 0 Å². The predicted octanol–water partition coefficient (Wildman–Crippen LogP) is 5.55. The Bertz CT molecular complexity index is 1720. The first-order valence-corrected chi connectivity index (χ1v) is 16.1. The molecule has 45 heavy (non-hydrogen) atoms. The molecule has 0 atom stereocenters. The summed E-state index contributed by atoms with van der Waals surface area (Å²) >= 11 is 0. The first-order chi connectivity index (χ1) is 21.9. The third-order valence-corrected chi connectivity index (χ3v) is 9.60. The smallest absolute Gasteiger partial charge is 0.410 e. The van der Waals surface area contributed by atoms with E-state index < -0.39 is 0 Å². The van der Waals surface area contributed by atoms with E-state index in [0.717, 1.165) is 61.2 Å². The Kier molecular flexibility index (Phi) is 7.81. The quantitative estimate of drug-likeness (QED) is 0.296. The second-order valence-corrected chi connectivity index (χ2v) is 12.6. The number of benzene rings is 2. The SMILES string of the molecule is CC(=O)N1CCc2c(c(N3CCCc4cc(-c5cnn(C)c5)c(C)cc43)nn2C2CCN(C(=O)OCc3ccccc3)CC2)C1. The predicted molar refractivity (Wildman–Crippen MR) is 172 cm³/mol. The van der Waals surface area contributed by atoms with Crippen LogP contribution in [0.4, 0.5) is 16.3 Å². The summed E-state index contributed by atoms with van der Waals surface area (Å²) < 4.78 is 9.69. The van der Waals surface area contributed by atoms with Gasteiger partial charge in [-0.2, -0.15) is 10.2 Å². The second-order valence-electron chi connectivity index (χ2n) is 12.6. The molecule has 0 spiro atoms. The highest BCUT2D eigenvalue weighted by Gasteiger charge is 2.34. The average molecular weight is 608 g/mol. The summed E-state index contributed by atoms with van der Waals surface area (Å²) in [5.74, 6) is 1.06. The minimum atomic E-state index is -0.261. The van der Waals surface area contributed by atoms with Crippen LogP contribution in [0, 0.1) is 6.92 Å². The third kappa shape index (κ3) is 5.69. The molecular formula is C35H41N7O3. The molecule has 7 rings (SSSR count). The van der Waals surface area contributed by atoms with Gasteiger partial charge in [-0.3, -0.25) is 14.2 Å². The molecule has 0 radical (unpaired) electrons. The summed E-state index contributed by atoms with van der Waals surface area (Å²) in [7, 11) is 1.95. The molecule has 0 saturated carbocycles. The number of fused-ring (bicyclic) bond motifs is 2. The molecular weight excluding hydrogens is 566 g/mol. The lowest BCUT2D eigenvalue weighted by Gasteiger charge is -2.33. The molecule has 3 aliphatic heterocycles. The molecule has 1 fully saturated rings. The normalized spacial score (nSPS) is 16.8. The lowest BCUT2D eigenvalue weighted by atomic mass is 9.93. The van der Waals surface area contributed by atoms with Crippen molar-refractivity contribution >= 4 is 23.5 Å². The number of hydrogen-bond donors (Lipinski definition) is 0. The Morgan fingerprint density at radius 3 is 2.53 bits per heavy atom. The number of carbonyl (C=O) groups is 2. The summed E-state index contributed by atoms with van der Waals surface area (Å²) in [6.45, 7) is 7.51. The van der Waals surface area contributed by atoms with Crippen LogP contribution in [0.25, 0.3) is 11.1 Å². The van der Waals surface area contributed by atoms with Crippen molar-refractivity contribution in [3.05, 3.63) is 82.8 Å². The molecule has 10 heteroatoms. The van der Waals surface area contributed by atoms with Crippen molar-refractivity contribution in [1.29, 1.82) is 0 Å². The fourth-order valence-electron chi connectivity index (χ4n) is 7.15. The van der Waals surface area contributed by atoms with Gasteiger partial charge in [-0.15, -0.1) is 0 Å². The molecule has 4 aromatic rings. The van der Waals surface area contributed by atoms with Gasteiger partial charge < -0.3 is 19.4 Å². The van der Waals surface area contributed by atoms with Crippen molar-refractivity contribution in [2.24, 2.45) is 7.05 Å². The van der Waals surface area contributed by atoms with Crippen LogP contribution >= 0.6 is 0 Å². The largest absolute Gasteiger partial charge is 0.445 e. The molecule has 0 bridgehead atoms. The summed E-state index contributed by atoms with van der Waals surface area (Å²) in [5, 5.41) is 9.74. The number of amides is 2. The number of aromatic nitrogens is 4. The maximum atomic E-state index is 12.9. The zero-order valence-electron chi connectivity index (χ0n) is 26.4. The summed E-state index contributed by atoms with van der Waals surface area (Å²) in [5.41, 5.74) is 9.44. The number of carbonyl (C=O) groups excluding carboxylic acids is 2. The van der Waals surface area contributed by atoms with E-state index in [0.29, 0.717) is 26.2 Å². The van der Waals surface area contributed by atoms with Gasteiger partial charge in [0.15, 0.2) is 5.82 Å². The third-order valence-electron chi connectivity index (χ3n) is 9.60. The number of piperidine rings is 1. The van der Waals surface area contributed by atoms with Gasteiger partial charge >= 0.3 is 6.09 Å². The Morgan fingerprint density at radius 2 is 1.80 bits per heavy atom. The van der Waals surface area contributed by atoms with Gasteiger partial charge in [0.1, 0.15) is 6.61 Å². The molecule has 0 unspecified atom stereocenters. The number of ether oxygens (including phenoxy) is 1. The van der Waals surface area contributed by atoms with Crippen molar-refractivity contribution < 1.29 is 14.3 Å². The minimum absolute atomic E-state index is 0.0951. The Balaban J connectivity index is 1.15. The second kappa shape index (κ2) is 12.1. The van der Waals surface area contributed by atoms with E-state index in [1.54, 1.807) is 6.92 Å². The van der Waals surface area contributed by atoms with Crippen molar-refractivity contribution in [2.45, 2.75) is 65.1 Å². The van der Waals surface area contributed by atoms with Crippen LogP contribution < -0.4 is 4.90 Å². The van der Waals surface area contributed by atoms with Crippen molar-refractivity contribution in [2.75, 3.05) is 31.1 Å². The van der Waals surface area contributed by atoms with Crippen molar-refractivity contribution in [3.8, 4) is 11.1 Å². The number of nitrogens with zero attached hydrogens (tertiary/aromatic N) is 7. The van der Waals surface area contributed by atoms with Crippen molar-refractivity contribution in [1.82, 2.24) is 29.4 Å². The highest BCUT2D eigenvalue weighted by atomic mass is 16.6. The Morgan fingerprint density at radius 1 is 1.00 bits per heavy atom. The maximum absolute atomic E-state index is 12.9. The molecule has 2 aromatic heterocycles. The van der Waals surface area contributed by atoms with Crippen LogP contribution in [-0.2, 0) is 42.6 Å². The number of aryl methyl sites for hydroxylation is 3. The van der Waals surface area contributed by atoms with Crippen LogP contribution in [0.15, 0.2) is 54.9 Å². The van der Waals surface area contributed by atoms with Gasteiger partial charge in [0.2, 0.25) is 5.91 Å². The van der Waals surface area contributed by atoms with E-state index in [4.69, 9.17) is 9.84 Å². The van der Waals surface area contributed by atoms with E-state index in [9.17, 15) is 9.59 Å². The molecule has 5 heterocycles. The fourth-order valence-corrected chi connectivity index (χ4v) is 7.15. The number of anilines is 2. The lowest BCUT2D eigenvalue weighted by Crippen LogP contribution is -2.40. The topological polar surface area (TPSA) is 88.7 Å². The first-order valence-electron chi connectivity index (χ1n) is 16.1. The zero-order chi connectivity index (χ0) is 31.1.